The van der Waals surface area contributed by atoms with Crippen molar-refractivity contribution in [1.82, 2.24) is 0 Å². The summed E-state index contributed by atoms with van der Waals surface area (Å²) < 4.78 is 6.95. The molecule has 0 aromatic heterocycles. The molecule has 1 atom stereocenters. The Morgan fingerprint density at radius 2 is 1.35 bits per heavy atom. The Bertz CT molecular complexity index is 405. The first-order valence-corrected chi connectivity index (χ1v) is 17.3. The van der Waals surface area contributed by atoms with Crippen LogP contribution in [0.1, 0.15) is 71.0 Å². The molecule has 1 rings (SSSR count). The second kappa shape index (κ2) is 12.1. The fraction of sp³-hybridized carbons (Fsp3) is 0.619. The first-order valence-electron chi connectivity index (χ1n) is 9.59. The van der Waals surface area contributed by atoms with Crippen molar-refractivity contribution in [2.45, 2.75) is 78.7 Å². The van der Waals surface area contributed by atoms with Gasteiger partial charge in [0.25, 0.3) is 0 Å². The van der Waals surface area contributed by atoms with Crippen LogP contribution in [0.15, 0.2) is 40.5 Å². The molecule has 0 amide bonds. The number of unbranched alkanes of at least 4 members (excludes halogenated alkanes) is 3. The van der Waals surface area contributed by atoms with Crippen LogP contribution >= 0.6 is 0 Å². The zero-order valence-electron chi connectivity index (χ0n) is 15.4. The van der Waals surface area contributed by atoms with E-state index in [4.69, 9.17) is 0 Å². The Morgan fingerprint density at radius 3 is 1.78 bits per heavy atom. The molecule has 0 spiro atoms. The van der Waals surface area contributed by atoms with Crippen LogP contribution in [0.5, 0.6) is 0 Å². The van der Waals surface area contributed by atoms with E-state index in [1.54, 1.807) is 0 Å². The van der Waals surface area contributed by atoms with Gasteiger partial charge in [-0.3, -0.25) is 0 Å². The number of rotatable bonds is 12. The molecule has 1 unspecified atom stereocenters. The van der Waals surface area contributed by atoms with Crippen molar-refractivity contribution >= 4 is 18.4 Å². The van der Waals surface area contributed by atoms with E-state index in [1.807, 2.05) is 30.3 Å². The molecular weight excluding hydrogens is 387 g/mol. The molecule has 130 valence electrons. The maximum absolute atomic E-state index is 10.5. The molecule has 2 heteroatoms. The minimum absolute atomic E-state index is 0.433. The Morgan fingerprint density at radius 1 is 0.870 bits per heavy atom. The summed E-state index contributed by atoms with van der Waals surface area (Å²) in [5.74, 6) is 0. The van der Waals surface area contributed by atoms with Crippen molar-refractivity contribution in [3.63, 3.8) is 0 Å². The average molecular weight is 423 g/mol. The third-order valence-corrected chi connectivity index (χ3v) is 19.0. The molecule has 0 fully saturated rings. The number of hydrogen-bond acceptors (Lipinski definition) is 1. The van der Waals surface area contributed by atoms with Crippen LogP contribution in [0.3, 0.4) is 0 Å². The summed E-state index contributed by atoms with van der Waals surface area (Å²) in [7, 11) is 0. The van der Waals surface area contributed by atoms with Crippen LogP contribution in [0.25, 0.3) is 0 Å². The van der Waals surface area contributed by atoms with Crippen molar-refractivity contribution in [1.29, 1.82) is 0 Å². The van der Waals surface area contributed by atoms with E-state index in [0.29, 0.717) is 0 Å². The first kappa shape index (κ1) is 20.8. The Kier molecular flexibility index (Phi) is 11.0. The van der Waals surface area contributed by atoms with Crippen LogP contribution in [0.2, 0.25) is 13.3 Å². The van der Waals surface area contributed by atoms with Crippen LogP contribution in [-0.2, 0) is 0 Å². The normalized spacial score (nSPS) is 13.6. The number of aliphatic hydroxyl groups excluding tert-OH is 1. The van der Waals surface area contributed by atoms with Gasteiger partial charge >= 0.3 is 148 Å². The summed E-state index contributed by atoms with van der Waals surface area (Å²) in [4.78, 5) is 0. The third-order valence-electron chi connectivity index (χ3n) is 4.86. The van der Waals surface area contributed by atoms with Gasteiger partial charge in [-0.15, -0.1) is 0 Å². The molecule has 1 aromatic rings. The molecule has 1 N–H and O–H groups in total. The fourth-order valence-electron chi connectivity index (χ4n) is 3.27. The molecule has 0 bridgehead atoms. The Labute approximate surface area is 148 Å². The van der Waals surface area contributed by atoms with Gasteiger partial charge in [0.2, 0.25) is 0 Å². The van der Waals surface area contributed by atoms with Crippen LogP contribution < -0.4 is 0 Å². The van der Waals surface area contributed by atoms with E-state index >= 15 is 0 Å². The monoisotopic (exact) mass is 424 g/mol. The van der Waals surface area contributed by atoms with Gasteiger partial charge in [0.15, 0.2) is 0 Å². The average Bonchev–Trinajstić information content (AvgIpc) is 2.61. The predicted molar refractivity (Wildman–Crippen MR) is 105 cm³/mol. The van der Waals surface area contributed by atoms with E-state index in [9.17, 15) is 5.11 Å². The molecule has 0 radical (unpaired) electrons. The van der Waals surface area contributed by atoms with Gasteiger partial charge in [-0.2, -0.15) is 0 Å². The fourth-order valence-corrected chi connectivity index (χ4v) is 17.6. The molecule has 0 heterocycles. The Balaban J connectivity index is 2.88. The van der Waals surface area contributed by atoms with E-state index < -0.39 is 24.5 Å². The molecule has 1 nitrogen and oxygen atoms in total. The second-order valence-corrected chi connectivity index (χ2v) is 19.9. The summed E-state index contributed by atoms with van der Waals surface area (Å²) in [5.41, 5.74) is 1.02. The summed E-state index contributed by atoms with van der Waals surface area (Å²) in [6.07, 6.45) is 9.70. The topological polar surface area (TPSA) is 20.2 Å². The van der Waals surface area contributed by atoms with Gasteiger partial charge in [0, 0.05) is 0 Å². The van der Waals surface area contributed by atoms with Gasteiger partial charge in [-0.05, 0) is 0 Å². The minimum atomic E-state index is -2.25. The zero-order valence-corrected chi connectivity index (χ0v) is 18.3. The van der Waals surface area contributed by atoms with Gasteiger partial charge in [0.05, 0.1) is 0 Å². The standard InChI is InChI=1S/C9H9O.3C4H9.Sn/c1-2-9(10)8-6-4-3-5-7-8;3*1-3-4-2;/h1-7,9-10H;3*1,3-4H2,2H3;. The van der Waals surface area contributed by atoms with E-state index in [-0.39, 0.29) is 0 Å². The molecule has 0 aliphatic heterocycles. The molecule has 0 aliphatic rings. The molecule has 0 aliphatic carbocycles. The van der Waals surface area contributed by atoms with Gasteiger partial charge in [-0.25, -0.2) is 0 Å². The molecule has 0 saturated carbocycles. The van der Waals surface area contributed by atoms with E-state index in [1.165, 1.54) is 51.8 Å². The van der Waals surface area contributed by atoms with Crippen LogP contribution in [-0.4, -0.2) is 23.5 Å². The van der Waals surface area contributed by atoms with E-state index in [0.717, 1.165) is 5.56 Å². The molecule has 0 saturated heterocycles. The maximum atomic E-state index is 10.5. The summed E-state index contributed by atoms with van der Waals surface area (Å²) in [5, 5.41) is 10.5. The first-order chi connectivity index (χ1) is 11.2. The molecule has 23 heavy (non-hydrogen) atoms. The number of aliphatic hydroxyl groups is 1. The van der Waals surface area contributed by atoms with Gasteiger partial charge in [0.1, 0.15) is 0 Å². The summed E-state index contributed by atoms with van der Waals surface area (Å²) in [6, 6.07) is 10.1. The number of benzene rings is 1. The third kappa shape index (κ3) is 7.89. The predicted octanol–water partition coefficient (Wildman–Crippen LogP) is 6.66. The van der Waals surface area contributed by atoms with Crippen LogP contribution in [0, 0.1) is 0 Å². The van der Waals surface area contributed by atoms with Crippen molar-refractivity contribution in [2.24, 2.45) is 0 Å². The van der Waals surface area contributed by atoms with Crippen LogP contribution in [0.4, 0.5) is 0 Å². The van der Waals surface area contributed by atoms with E-state index in [2.05, 4.69) is 30.9 Å². The summed E-state index contributed by atoms with van der Waals surface area (Å²) in [6.45, 7) is 6.91. The molecule has 1 aromatic carbocycles. The van der Waals surface area contributed by atoms with Crippen molar-refractivity contribution in [3.05, 3.63) is 46.1 Å². The quantitative estimate of drug-likeness (QED) is 0.373. The van der Waals surface area contributed by atoms with Crippen molar-refractivity contribution < 1.29 is 5.11 Å². The van der Waals surface area contributed by atoms with Gasteiger partial charge < -0.3 is 0 Å². The Hall–Kier alpha value is -0.281. The SMILES string of the molecule is CCC[CH2][Sn](/[CH]=C\C(O)c1ccccc1)([CH2]CCC)[CH2]CCC. The summed E-state index contributed by atoms with van der Waals surface area (Å²) >= 11 is -2.25. The van der Waals surface area contributed by atoms with Crippen molar-refractivity contribution in [2.75, 3.05) is 0 Å². The van der Waals surface area contributed by atoms with Gasteiger partial charge in [-0.1, -0.05) is 0 Å². The molecular formula is C21H36OSn. The zero-order chi connectivity index (χ0) is 17.0. The number of hydrogen-bond donors (Lipinski definition) is 1. The second-order valence-electron chi connectivity index (χ2n) is 6.89. The van der Waals surface area contributed by atoms with Crippen molar-refractivity contribution in [3.8, 4) is 0 Å².